The lowest BCUT2D eigenvalue weighted by molar-refractivity contribution is 0.415. The minimum atomic E-state index is 0.446. The van der Waals surface area contributed by atoms with Crippen LogP contribution in [0.5, 0.6) is 5.75 Å². The number of aromatic nitrogens is 3. The fourth-order valence-electron chi connectivity index (χ4n) is 3.26. The average Bonchev–Trinajstić information content (AvgIpc) is 3.14. The van der Waals surface area contributed by atoms with Gasteiger partial charge in [-0.05, 0) is 42.8 Å². The first-order valence-corrected chi connectivity index (χ1v) is 9.36. The number of hydrogen-bond donors (Lipinski definition) is 1. The van der Waals surface area contributed by atoms with E-state index >= 15 is 0 Å². The van der Waals surface area contributed by atoms with Crippen molar-refractivity contribution in [2.24, 2.45) is 0 Å². The smallest absolute Gasteiger partial charge is 0.182 e. The van der Waals surface area contributed by atoms with Gasteiger partial charge in [0.05, 0.1) is 23.8 Å². The van der Waals surface area contributed by atoms with Gasteiger partial charge in [-0.1, -0.05) is 41.9 Å². The number of methoxy groups -OCH3 is 1. The molecule has 0 spiro atoms. The lowest BCUT2D eigenvalue weighted by atomic mass is 9.97. The summed E-state index contributed by atoms with van der Waals surface area (Å²) in [5.74, 6) is 0.733. The van der Waals surface area contributed by atoms with Gasteiger partial charge in [-0.3, -0.25) is 5.10 Å². The third-order valence-corrected chi connectivity index (χ3v) is 5.04. The summed E-state index contributed by atoms with van der Waals surface area (Å²) in [5, 5.41) is 18.6. The topological polar surface area (TPSA) is 74.6 Å². The summed E-state index contributed by atoms with van der Waals surface area (Å²) in [6.45, 7) is 1.90. The van der Waals surface area contributed by atoms with Gasteiger partial charge in [-0.25, -0.2) is 4.98 Å². The Bertz CT molecular complexity index is 1250. The number of H-pyrrole nitrogens is 1. The van der Waals surface area contributed by atoms with Gasteiger partial charge in [0, 0.05) is 21.9 Å². The van der Waals surface area contributed by atoms with E-state index in [1.807, 2.05) is 67.6 Å². The molecule has 4 rings (SSSR count). The summed E-state index contributed by atoms with van der Waals surface area (Å²) in [6, 6.07) is 19.4. The highest BCUT2D eigenvalue weighted by Crippen LogP contribution is 2.34. The van der Waals surface area contributed by atoms with Crippen molar-refractivity contribution in [2.45, 2.75) is 6.92 Å². The lowest BCUT2D eigenvalue weighted by Crippen LogP contribution is -1.96. The first kappa shape index (κ1) is 18.7. The number of aryl methyl sites for hydroxylation is 1. The van der Waals surface area contributed by atoms with Gasteiger partial charge in [0.15, 0.2) is 5.65 Å². The van der Waals surface area contributed by atoms with E-state index in [4.69, 9.17) is 16.3 Å². The molecule has 0 aliphatic carbocycles. The molecule has 0 amide bonds. The monoisotopic (exact) mass is 400 g/mol. The van der Waals surface area contributed by atoms with Crippen LogP contribution in [0.1, 0.15) is 22.4 Å². The number of nitrogens with one attached hydrogen (secondary N) is 1. The highest BCUT2D eigenvalue weighted by molar-refractivity contribution is 6.51. The Labute approximate surface area is 173 Å². The molecule has 4 aromatic rings. The predicted octanol–water partition coefficient (Wildman–Crippen LogP) is 5.55. The van der Waals surface area contributed by atoms with E-state index in [-0.39, 0.29) is 0 Å². The molecular formula is C23H17ClN4O. The highest BCUT2D eigenvalue weighted by Gasteiger charge is 2.19. The van der Waals surface area contributed by atoms with Crippen molar-refractivity contribution in [2.75, 3.05) is 7.11 Å². The van der Waals surface area contributed by atoms with Crippen molar-refractivity contribution in [3.63, 3.8) is 0 Å². The minimum absolute atomic E-state index is 0.446. The van der Waals surface area contributed by atoms with Crippen molar-refractivity contribution < 1.29 is 4.74 Å². The normalized spacial score (nSPS) is 11.4. The molecule has 0 aliphatic heterocycles. The Morgan fingerprint density at radius 3 is 2.52 bits per heavy atom. The Morgan fingerprint density at radius 2 is 1.86 bits per heavy atom. The number of ether oxygens (including phenoxy) is 1. The number of nitriles is 1. The number of rotatable bonds is 4. The molecule has 0 radical (unpaired) electrons. The second-order valence-electron chi connectivity index (χ2n) is 6.49. The first-order chi connectivity index (χ1) is 14.1. The molecule has 5 nitrogen and oxygen atoms in total. The zero-order valence-electron chi connectivity index (χ0n) is 15.9. The first-order valence-electron chi connectivity index (χ1n) is 8.98. The molecule has 2 heterocycles. The number of aromatic amines is 1. The van der Waals surface area contributed by atoms with E-state index < -0.39 is 0 Å². The summed E-state index contributed by atoms with van der Waals surface area (Å²) >= 11 is 6.61. The molecule has 0 saturated carbocycles. The number of hydrogen-bond acceptors (Lipinski definition) is 4. The summed E-state index contributed by atoms with van der Waals surface area (Å²) < 4.78 is 5.23. The number of halogens is 1. The average molecular weight is 401 g/mol. The second kappa shape index (κ2) is 7.78. The number of nitrogens with zero attached hydrogens (tertiary/aromatic N) is 3. The van der Waals surface area contributed by atoms with E-state index in [1.54, 1.807) is 7.11 Å². The molecule has 0 saturated heterocycles. The summed E-state index contributed by atoms with van der Waals surface area (Å²) in [5.41, 5.74) is 4.73. The van der Waals surface area contributed by atoms with Crippen LogP contribution in [0.15, 0.2) is 54.6 Å². The van der Waals surface area contributed by atoms with Gasteiger partial charge in [-0.2, -0.15) is 10.4 Å². The van der Waals surface area contributed by atoms with Gasteiger partial charge in [0.1, 0.15) is 11.8 Å². The second-order valence-corrected chi connectivity index (χ2v) is 6.90. The Morgan fingerprint density at radius 1 is 1.14 bits per heavy atom. The van der Waals surface area contributed by atoms with Crippen LogP contribution in [0.4, 0.5) is 0 Å². The van der Waals surface area contributed by atoms with E-state index in [2.05, 4.69) is 21.3 Å². The molecule has 0 fully saturated rings. The molecule has 0 aliphatic rings. The third kappa shape index (κ3) is 3.46. The largest absolute Gasteiger partial charge is 0.497 e. The van der Waals surface area contributed by atoms with Crippen LogP contribution in [0.25, 0.3) is 33.4 Å². The number of pyridine rings is 1. The predicted molar refractivity (Wildman–Crippen MR) is 115 cm³/mol. The van der Waals surface area contributed by atoms with Gasteiger partial charge in [0.2, 0.25) is 0 Å². The number of fused-ring (bicyclic) bond motifs is 1. The fraction of sp³-hybridized carbons (Fsp3) is 0.0870. The highest BCUT2D eigenvalue weighted by atomic mass is 35.5. The molecule has 0 atom stereocenters. The van der Waals surface area contributed by atoms with Crippen LogP contribution in [0, 0.1) is 18.3 Å². The van der Waals surface area contributed by atoms with Crippen LogP contribution in [0.3, 0.4) is 0 Å². The Hall–Kier alpha value is -3.62. The van der Waals surface area contributed by atoms with Crippen molar-refractivity contribution in [1.82, 2.24) is 15.2 Å². The maximum absolute atomic E-state index is 10.0. The lowest BCUT2D eigenvalue weighted by Gasteiger charge is -2.10. The molecule has 6 heteroatoms. The molecule has 0 bridgehead atoms. The molecule has 29 heavy (non-hydrogen) atoms. The van der Waals surface area contributed by atoms with E-state index in [1.165, 1.54) is 0 Å². The molecule has 2 aromatic carbocycles. The van der Waals surface area contributed by atoms with Gasteiger partial charge >= 0.3 is 0 Å². The Kier molecular flexibility index (Phi) is 5.03. The third-order valence-electron chi connectivity index (χ3n) is 4.72. The Balaban J connectivity index is 1.99. The standard InChI is InChI=1S/C23H17ClN4O/c1-14-21-18(12-20(24)15-6-4-3-5-7-15)19(13-25)22(26-23(21)28-27-14)16-8-10-17(29-2)11-9-16/h3-12H,1-2H3,(H,26,27,28)/b20-12-. The number of benzene rings is 2. The summed E-state index contributed by atoms with van der Waals surface area (Å²) in [7, 11) is 1.61. The van der Waals surface area contributed by atoms with E-state index in [9.17, 15) is 5.26 Å². The van der Waals surface area contributed by atoms with Gasteiger partial charge in [-0.15, -0.1) is 0 Å². The maximum Gasteiger partial charge on any atom is 0.182 e. The van der Waals surface area contributed by atoms with Crippen LogP contribution >= 0.6 is 11.6 Å². The minimum Gasteiger partial charge on any atom is -0.497 e. The molecule has 1 N–H and O–H groups in total. The van der Waals surface area contributed by atoms with E-state index in [0.717, 1.165) is 28.0 Å². The summed E-state index contributed by atoms with van der Waals surface area (Å²) in [4.78, 5) is 4.66. The van der Waals surface area contributed by atoms with Gasteiger partial charge in [0.25, 0.3) is 0 Å². The van der Waals surface area contributed by atoms with E-state index in [0.29, 0.717) is 27.5 Å². The van der Waals surface area contributed by atoms with Crippen molar-refractivity contribution in [1.29, 1.82) is 5.26 Å². The zero-order valence-corrected chi connectivity index (χ0v) is 16.7. The molecular weight excluding hydrogens is 384 g/mol. The van der Waals surface area contributed by atoms with Crippen LogP contribution in [-0.2, 0) is 0 Å². The fourth-order valence-corrected chi connectivity index (χ4v) is 3.49. The SMILES string of the molecule is COc1ccc(-c2nc3n[nH]c(C)c3c(/C=C(\Cl)c3ccccc3)c2C#N)cc1. The van der Waals surface area contributed by atoms with Crippen molar-refractivity contribution in [3.8, 4) is 23.1 Å². The van der Waals surface area contributed by atoms with Crippen LogP contribution < -0.4 is 4.74 Å². The van der Waals surface area contributed by atoms with Gasteiger partial charge < -0.3 is 4.74 Å². The van der Waals surface area contributed by atoms with Crippen molar-refractivity contribution >= 4 is 33.7 Å². The maximum atomic E-state index is 10.0. The van der Waals surface area contributed by atoms with Crippen LogP contribution in [0.2, 0.25) is 0 Å². The molecule has 0 unspecified atom stereocenters. The van der Waals surface area contributed by atoms with Crippen molar-refractivity contribution in [3.05, 3.63) is 77.0 Å². The molecule has 142 valence electrons. The zero-order chi connectivity index (χ0) is 20.4. The summed E-state index contributed by atoms with van der Waals surface area (Å²) in [6.07, 6.45) is 1.81. The van der Waals surface area contributed by atoms with Crippen LogP contribution in [-0.4, -0.2) is 22.3 Å². The quantitative estimate of drug-likeness (QED) is 0.487. The molecule has 2 aromatic heterocycles.